The first-order chi connectivity index (χ1) is 13.4. The van der Waals surface area contributed by atoms with Gasteiger partial charge in [-0.1, -0.05) is 89.5 Å². The lowest BCUT2D eigenvalue weighted by Crippen LogP contribution is -2.31. The Labute approximate surface area is 167 Å². The number of benzene rings is 3. The van der Waals surface area contributed by atoms with Crippen molar-refractivity contribution in [1.82, 2.24) is 0 Å². The minimum Gasteiger partial charge on any atom is -0.311 e. The molecule has 0 saturated carbocycles. The molecule has 0 atom stereocenters. The van der Waals surface area contributed by atoms with E-state index < -0.39 is 12.8 Å². The highest BCUT2D eigenvalue weighted by atomic mass is 31.2. The second kappa shape index (κ2) is 8.05. The summed E-state index contributed by atoms with van der Waals surface area (Å²) in [4.78, 5) is 0. The molecule has 146 valence electrons. The van der Waals surface area contributed by atoms with Gasteiger partial charge in [0.25, 0.3) is 0 Å². The molecule has 3 nitrogen and oxygen atoms in total. The van der Waals surface area contributed by atoms with Gasteiger partial charge in [-0.2, -0.15) is 0 Å². The highest BCUT2D eigenvalue weighted by Crippen LogP contribution is 2.69. The Kier molecular flexibility index (Phi) is 5.90. The predicted molar refractivity (Wildman–Crippen MR) is 115 cm³/mol. The van der Waals surface area contributed by atoms with Crippen LogP contribution in [0.1, 0.15) is 33.4 Å². The smallest absolute Gasteiger partial charge is 0.311 e. The average Bonchev–Trinajstić information content (AvgIpc) is 2.72. The number of rotatable bonds is 6. The van der Waals surface area contributed by atoms with Gasteiger partial charge in [-0.15, -0.1) is 0 Å². The molecule has 3 aromatic carbocycles. The third-order valence-corrected chi connectivity index (χ3v) is 7.86. The van der Waals surface area contributed by atoms with Gasteiger partial charge in [-0.3, -0.25) is 4.57 Å². The van der Waals surface area contributed by atoms with Crippen molar-refractivity contribution in [2.24, 2.45) is 0 Å². The maximum absolute atomic E-state index is 14.2. The SMILES string of the molecule is COP(=O)(OC)C(c1ccc(C)cc1)(c1ccc(C)cc1)c1ccc(C)cc1. The van der Waals surface area contributed by atoms with Crippen LogP contribution in [0.5, 0.6) is 0 Å². The fraction of sp³-hybridized carbons (Fsp3) is 0.250. The molecule has 0 aliphatic carbocycles. The van der Waals surface area contributed by atoms with Crippen LogP contribution in [0.25, 0.3) is 0 Å². The van der Waals surface area contributed by atoms with Crippen molar-refractivity contribution in [3.8, 4) is 0 Å². The van der Waals surface area contributed by atoms with Crippen LogP contribution in [0, 0.1) is 20.8 Å². The molecule has 0 unspecified atom stereocenters. The molecule has 0 bridgehead atoms. The van der Waals surface area contributed by atoms with Crippen molar-refractivity contribution in [3.05, 3.63) is 106 Å². The summed E-state index contributed by atoms with van der Waals surface area (Å²) in [5.41, 5.74) is 6.02. The zero-order valence-corrected chi connectivity index (χ0v) is 18.0. The van der Waals surface area contributed by atoms with E-state index in [0.717, 1.165) is 33.4 Å². The average molecular weight is 394 g/mol. The Morgan fingerprint density at radius 3 is 1.04 bits per heavy atom. The topological polar surface area (TPSA) is 35.5 Å². The van der Waals surface area contributed by atoms with E-state index >= 15 is 0 Å². The summed E-state index contributed by atoms with van der Waals surface area (Å²) in [6.45, 7) is 6.11. The Morgan fingerprint density at radius 1 is 0.571 bits per heavy atom. The first kappa shape index (κ1) is 20.5. The number of hydrogen-bond donors (Lipinski definition) is 0. The zero-order chi connectivity index (χ0) is 20.4. The van der Waals surface area contributed by atoms with E-state index in [2.05, 4.69) is 0 Å². The minimum atomic E-state index is -3.63. The van der Waals surface area contributed by atoms with Crippen LogP contribution < -0.4 is 0 Å². The lowest BCUT2D eigenvalue weighted by atomic mass is 9.83. The molecule has 0 aromatic heterocycles. The lowest BCUT2D eigenvalue weighted by Gasteiger charge is -2.39. The molecule has 3 rings (SSSR count). The zero-order valence-electron chi connectivity index (χ0n) is 17.1. The summed E-state index contributed by atoms with van der Waals surface area (Å²) in [6.07, 6.45) is 0. The standard InChI is InChI=1S/C24H27O3P/c1-18-6-12-21(13-7-18)24(28(25,26-4)27-5,22-14-8-19(2)9-15-22)23-16-10-20(3)11-17-23/h6-17H,1-5H3. The van der Waals surface area contributed by atoms with E-state index in [0.29, 0.717) is 0 Å². The largest absolute Gasteiger partial charge is 0.349 e. The summed E-state index contributed by atoms with van der Waals surface area (Å²) in [5.74, 6) is 0. The van der Waals surface area contributed by atoms with Crippen LogP contribution in [0.15, 0.2) is 72.8 Å². The van der Waals surface area contributed by atoms with Crippen LogP contribution in [0.4, 0.5) is 0 Å². The Bertz CT molecular complexity index is 855. The van der Waals surface area contributed by atoms with Gasteiger partial charge in [0.2, 0.25) is 0 Å². The first-order valence-electron chi connectivity index (χ1n) is 9.30. The quantitative estimate of drug-likeness (QED) is 0.359. The van der Waals surface area contributed by atoms with Crippen molar-refractivity contribution >= 4 is 7.60 Å². The van der Waals surface area contributed by atoms with E-state index in [9.17, 15) is 4.57 Å². The molecule has 0 heterocycles. The van der Waals surface area contributed by atoms with Gasteiger partial charge in [-0.05, 0) is 37.5 Å². The fourth-order valence-electron chi connectivity index (χ4n) is 3.71. The third-order valence-electron chi connectivity index (χ3n) is 5.30. The van der Waals surface area contributed by atoms with Crippen molar-refractivity contribution in [2.45, 2.75) is 25.9 Å². The number of aryl methyl sites for hydroxylation is 3. The van der Waals surface area contributed by atoms with Crippen LogP contribution in [-0.2, 0) is 18.8 Å². The molecular formula is C24H27O3P. The van der Waals surface area contributed by atoms with Gasteiger partial charge in [0.15, 0.2) is 0 Å². The second-order valence-corrected chi connectivity index (χ2v) is 9.57. The van der Waals surface area contributed by atoms with Crippen molar-refractivity contribution in [3.63, 3.8) is 0 Å². The Morgan fingerprint density at radius 2 is 0.821 bits per heavy atom. The van der Waals surface area contributed by atoms with Gasteiger partial charge < -0.3 is 9.05 Å². The molecule has 0 radical (unpaired) electrons. The lowest BCUT2D eigenvalue weighted by molar-refractivity contribution is 0.259. The van der Waals surface area contributed by atoms with Crippen molar-refractivity contribution < 1.29 is 13.6 Å². The monoisotopic (exact) mass is 394 g/mol. The molecule has 0 N–H and O–H groups in total. The highest BCUT2D eigenvalue weighted by Gasteiger charge is 2.54. The minimum absolute atomic E-state index is 0.873. The Balaban J connectivity index is 2.47. The van der Waals surface area contributed by atoms with E-state index in [4.69, 9.17) is 9.05 Å². The maximum Gasteiger partial charge on any atom is 0.349 e. The Hall–Kier alpha value is -2.19. The summed E-state index contributed by atoms with van der Waals surface area (Å²) in [5, 5.41) is -1.08. The van der Waals surface area contributed by atoms with Gasteiger partial charge in [0.1, 0.15) is 5.16 Å². The fourth-order valence-corrected chi connectivity index (χ4v) is 5.80. The van der Waals surface area contributed by atoms with Crippen LogP contribution >= 0.6 is 7.60 Å². The second-order valence-electron chi connectivity index (χ2n) is 7.17. The van der Waals surface area contributed by atoms with Crippen molar-refractivity contribution in [2.75, 3.05) is 14.2 Å². The molecule has 0 aliphatic heterocycles. The first-order valence-corrected chi connectivity index (χ1v) is 10.8. The highest BCUT2D eigenvalue weighted by molar-refractivity contribution is 7.55. The molecule has 0 fully saturated rings. The van der Waals surface area contributed by atoms with Gasteiger partial charge in [0.05, 0.1) is 0 Å². The van der Waals surface area contributed by atoms with E-state index in [1.165, 1.54) is 14.2 Å². The normalized spacial score (nSPS) is 12.2. The van der Waals surface area contributed by atoms with Gasteiger partial charge in [0, 0.05) is 14.2 Å². The molecule has 4 heteroatoms. The van der Waals surface area contributed by atoms with Crippen LogP contribution in [-0.4, -0.2) is 14.2 Å². The molecule has 0 amide bonds. The molecule has 0 saturated heterocycles. The summed E-state index contributed by atoms with van der Waals surface area (Å²) in [7, 11) is -0.725. The van der Waals surface area contributed by atoms with Gasteiger partial charge >= 0.3 is 7.60 Å². The summed E-state index contributed by atoms with van der Waals surface area (Å²) >= 11 is 0. The third kappa shape index (κ3) is 3.35. The summed E-state index contributed by atoms with van der Waals surface area (Å²) in [6, 6.07) is 24.3. The molecule has 0 spiro atoms. The van der Waals surface area contributed by atoms with E-state index in [1.54, 1.807) is 0 Å². The van der Waals surface area contributed by atoms with E-state index in [-0.39, 0.29) is 0 Å². The molecular weight excluding hydrogens is 367 g/mol. The number of hydrogen-bond acceptors (Lipinski definition) is 3. The van der Waals surface area contributed by atoms with Crippen molar-refractivity contribution in [1.29, 1.82) is 0 Å². The predicted octanol–water partition coefficient (Wildman–Crippen LogP) is 6.39. The van der Waals surface area contributed by atoms with Crippen LogP contribution in [0.2, 0.25) is 0 Å². The molecule has 0 aliphatic rings. The molecule has 3 aromatic rings. The summed E-state index contributed by atoms with van der Waals surface area (Å²) < 4.78 is 25.5. The van der Waals surface area contributed by atoms with Crippen LogP contribution in [0.3, 0.4) is 0 Å². The molecule has 28 heavy (non-hydrogen) atoms. The van der Waals surface area contributed by atoms with Gasteiger partial charge in [-0.25, -0.2) is 0 Å². The van der Waals surface area contributed by atoms with E-state index in [1.807, 2.05) is 93.6 Å². The maximum atomic E-state index is 14.2.